The molecule has 0 atom stereocenters. The molecule has 0 aliphatic rings. The van der Waals surface area contributed by atoms with Gasteiger partial charge >= 0.3 is 0 Å². The standard InChI is InChI=1S/C13H9Br3O/c14-8-9-4-5-13(12(16)6-9)17-11-3-1-2-10(15)7-11/h1-7H,8H2. The quantitative estimate of drug-likeness (QED) is 0.562. The van der Waals surface area contributed by atoms with E-state index in [1.165, 1.54) is 5.56 Å². The number of rotatable bonds is 3. The summed E-state index contributed by atoms with van der Waals surface area (Å²) in [4.78, 5) is 0. The monoisotopic (exact) mass is 418 g/mol. The molecular formula is C13H9Br3O. The third-order valence-electron chi connectivity index (χ3n) is 2.17. The maximum atomic E-state index is 5.80. The summed E-state index contributed by atoms with van der Waals surface area (Å²) in [6.07, 6.45) is 0. The molecular weight excluding hydrogens is 412 g/mol. The largest absolute Gasteiger partial charge is 0.456 e. The minimum absolute atomic E-state index is 0.812. The topological polar surface area (TPSA) is 9.23 Å². The number of benzene rings is 2. The van der Waals surface area contributed by atoms with E-state index >= 15 is 0 Å². The first-order chi connectivity index (χ1) is 8.19. The van der Waals surface area contributed by atoms with Gasteiger partial charge in [0.1, 0.15) is 11.5 Å². The Bertz CT molecular complexity index is 526. The van der Waals surface area contributed by atoms with E-state index in [0.717, 1.165) is 25.8 Å². The summed E-state index contributed by atoms with van der Waals surface area (Å²) in [5.41, 5.74) is 1.21. The van der Waals surface area contributed by atoms with Gasteiger partial charge in [-0.25, -0.2) is 0 Å². The van der Waals surface area contributed by atoms with Crippen LogP contribution in [0.1, 0.15) is 5.56 Å². The van der Waals surface area contributed by atoms with Crippen molar-refractivity contribution in [1.82, 2.24) is 0 Å². The van der Waals surface area contributed by atoms with Gasteiger partial charge in [-0.15, -0.1) is 0 Å². The van der Waals surface area contributed by atoms with Crippen molar-refractivity contribution < 1.29 is 4.74 Å². The maximum absolute atomic E-state index is 5.80. The Morgan fingerprint density at radius 3 is 2.47 bits per heavy atom. The summed E-state index contributed by atoms with van der Waals surface area (Å²) in [6, 6.07) is 13.8. The molecule has 0 bridgehead atoms. The molecule has 2 aromatic carbocycles. The molecule has 1 nitrogen and oxygen atoms in total. The van der Waals surface area contributed by atoms with Crippen LogP contribution in [0.3, 0.4) is 0 Å². The zero-order chi connectivity index (χ0) is 12.3. The lowest BCUT2D eigenvalue weighted by molar-refractivity contribution is 0.479. The molecule has 0 amide bonds. The van der Waals surface area contributed by atoms with Crippen molar-refractivity contribution >= 4 is 47.8 Å². The van der Waals surface area contributed by atoms with Crippen molar-refractivity contribution in [2.24, 2.45) is 0 Å². The van der Waals surface area contributed by atoms with Crippen LogP contribution in [0.5, 0.6) is 11.5 Å². The first kappa shape index (κ1) is 13.1. The molecule has 0 radical (unpaired) electrons. The Hall–Kier alpha value is -0.320. The maximum Gasteiger partial charge on any atom is 0.141 e. The van der Waals surface area contributed by atoms with Gasteiger partial charge < -0.3 is 4.74 Å². The van der Waals surface area contributed by atoms with Gasteiger partial charge in [-0.2, -0.15) is 0 Å². The molecule has 0 unspecified atom stereocenters. The lowest BCUT2D eigenvalue weighted by Gasteiger charge is -2.09. The molecule has 17 heavy (non-hydrogen) atoms. The Kier molecular flexibility index (Phi) is 4.65. The Labute approximate surface area is 126 Å². The van der Waals surface area contributed by atoms with E-state index in [-0.39, 0.29) is 0 Å². The average Bonchev–Trinajstić information content (AvgIpc) is 2.32. The van der Waals surface area contributed by atoms with Gasteiger partial charge in [0.05, 0.1) is 4.47 Å². The van der Waals surface area contributed by atoms with E-state index in [4.69, 9.17) is 4.74 Å². The van der Waals surface area contributed by atoms with Crippen molar-refractivity contribution in [2.45, 2.75) is 5.33 Å². The van der Waals surface area contributed by atoms with Crippen molar-refractivity contribution in [3.05, 3.63) is 57.0 Å². The molecule has 0 saturated carbocycles. The fourth-order valence-corrected chi connectivity index (χ4v) is 2.60. The van der Waals surface area contributed by atoms with Crippen molar-refractivity contribution in [1.29, 1.82) is 0 Å². The second kappa shape index (κ2) is 6.03. The molecule has 88 valence electrons. The smallest absolute Gasteiger partial charge is 0.141 e. The Morgan fingerprint density at radius 1 is 1.00 bits per heavy atom. The number of ether oxygens (including phenoxy) is 1. The molecule has 2 rings (SSSR count). The van der Waals surface area contributed by atoms with E-state index in [2.05, 4.69) is 47.8 Å². The van der Waals surface area contributed by atoms with E-state index in [0.29, 0.717) is 0 Å². The third kappa shape index (κ3) is 3.57. The van der Waals surface area contributed by atoms with Gasteiger partial charge in [-0.1, -0.05) is 44.0 Å². The fourth-order valence-electron chi connectivity index (χ4n) is 1.37. The van der Waals surface area contributed by atoms with Gasteiger partial charge in [0.2, 0.25) is 0 Å². The lowest BCUT2D eigenvalue weighted by Crippen LogP contribution is -1.87. The zero-order valence-electron chi connectivity index (χ0n) is 8.79. The Balaban J connectivity index is 2.24. The molecule has 4 heteroatoms. The van der Waals surface area contributed by atoms with Crippen molar-refractivity contribution in [3.63, 3.8) is 0 Å². The number of alkyl halides is 1. The van der Waals surface area contributed by atoms with Gasteiger partial charge in [0, 0.05) is 9.80 Å². The summed E-state index contributed by atoms with van der Waals surface area (Å²) in [5.74, 6) is 1.62. The first-order valence-electron chi connectivity index (χ1n) is 4.97. The van der Waals surface area contributed by atoms with Crippen LogP contribution in [0.2, 0.25) is 0 Å². The predicted molar refractivity (Wildman–Crippen MR) is 81.0 cm³/mol. The van der Waals surface area contributed by atoms with Crippen LogP contribution in [0.15, 0.2) is 51.4 Å². The molecule has 0 fully saturated rings. The lowest BCUT2D eigenvalue weighted by atomic mass is 10.2. The number of hydrogen-bond donors (Lipinski definition) is 0. The van der Waals surface area contributed by atoms with Crippen LogP contribution < -0.4 is 4.74 Å². The third-order valence-corrected chi connectivity index (χ3v) is 3.93. The first-order valence-corrected chi connectivity index (χ1v) is 7.67. The molecule has 0 aliphatic heterocycles. The van der Waals surface area contributed by atoms with Crippen molar-refractivity contribution in [2.75, 3.05) is 0 Å². The Morgan fingerprint density at radius 2 is 1.82 bits per heavy atom. The molecule has 0 heterocycles. The van der Waals surface area contributed by atoms with Crippen LogP contribution in [-0.4, -0.2) is 0 Å². The normalized spacial score (nSPS) is 10.3. The van der Waals surface area contributed by atoms with Gasteiger partial charge in [-0.3, -0.25) is 0 Å². The molecule has 0 saturated heterocycles. The summed E-state index contributed by atoms with van der Waals surface area (Å²) < 4.78 is 7.75. The highest BCUT2D eigenvalue weighted by molar-refractivity contribution is 9.11. The van der Waals surface area contributed by atoms with Crippen LogP contribution in [-0.2, 0) is 5.33 Å². The number of hydrogen-bond acceptors (Lipinski definition) is 1. The minimum atomic E-state index is 0.812. The van der Waals surface area contributed by atoms with Gasteiger partial charge in [0.15, 0.2) is 0 Å². The van der Waals surface area contributed by atoms with E-state index in [9.17, 15) is 0 Å². The fraction of sp³-hybridized carbons (Fsp3) is 0.0769. The summed E-state index contributed by atoms with van der Waals surface area (Å²) in [5, 5.41) is 0.836. The zero-order valence-corrected chi connectivity index (χ0v) is 13.5. The molecule has 0 spiro atoms. The van der Waals surface area contributed by atoms with Gasteiger partial charge in [0.25, 0.3) is 0 Å². The average molecular weight is 421 g/mol. The van der Waals surface area contributed by atoms with Crippen LogP contribution in [0.4, 0.5) is 0 Å². The summed E-state index contributed by atoms with van der Waals surface area (Å²) in [7, 11) is 0. The van der Waals surface area contributed by atoms with Crippen molar-refractivity contribution in [3.8, 4) is 11.5 Å². The second-order valence-electron chi connectivity index (χ2n) is 3.46. The summed E-state index contributed by atoms with van der Waals surface area (Å²) in [6.45, 7) is 0. The highest BCUT2D eigenvalue weighted by Gasteiger charge is 2.04. The highest BCUT2D eigenvalue weighted by Crippen LogP contribution is 2.31. The number of halogens is 3. The second-order valence-corrected chi connectivity index (χ2v) is 5.79. The van der Waals surface area contributed by atoms with Crippen LogP contribution in [0.25, 0.3) is 0 Å². The van der Waals surface area contributed by atoms with E-state index in [1.54, 1.807) is 0 Å². The van der Waals surface area contributed by atoms with Crippen LogP contribution >= 0.6 is 47.8 Å². The molecule has 0 aromatic heterocycles. The molecule has 0 N–H and O–H groups in total. The molecule has 0 aliphatic carbocycles. The molecule has 2 aromatic rings. The van der Waals surface area contributed by atoms with E-state index < -0.39 is 0 Å². The predicted octanol–water partition coefficient (Wildman–Crippen LogP) is 5.90. The van der Waals surface area contributed by atoms with Crippen LogP contribution in [0, 0.1) is 0 Å². The highest BCUT2D eigenvalue weighted by atomic mass is 79.9. The van der Waals surface area contributed by atoms with Gasteiger partial charge in [-0.05, 0) is 51.8 Å². The van der Waals surface area contributed by atoms with E-state index in [1.807, 2.05) is 42.5 Å². The minimum Gasteiger partial charge on any atom is -0.456 e. The SMILES string of the molecule is BrCc1ccc(Oc2cccc(Br)c2)c(Br)c1. The summed E-state index contributed by atoms with van der Waals surface area (Å²) >= 11 is 10.3.